The highest BCUT2D eigenvalue weighted by Gasteiger charge is 2.37. The van der Waals surface area contributed by atoms with Crippen molar-refractivity contribution in [2.75, 3.05) is 0 Å². The molecule has 0 saturated carbocycles. The van der Waals surface area contributed by atoms with Crippen LogP contribution in [0.3, 0.4) is 0 Å². The summed E-state index contributed by atoms with van der Waals surface area (Å²) in [6.07, 6.45) is 3.67. The van der Waals surface area contributed by atoms with Gasteiger partial charge in [-0.05, 0) is 62.6 Å². The quantitative estimate of drug-likeness (QED) is 0.207. The number of hydrogen-bond acceptors (Lipinski definition) is 4. The number of nitrogens with one attached hydrogen (secondary N) is 1. The van der Waals surface area contributed by atoms with E-state index in [1.807, 2.05) is 47.7 Å². The van der Waals surface area contributed by atoms with Crippen LogP contribution >= 0.6 is 0 Å². The van der Waals surface area contributed by atoms with Crippen molar-refractivity contribution in [2.45, 2.75) is 108 Å². The van der Waals surface area contributed by atoms with E-state index in [4.69, 9.17) is 9.98 Å². The zero-order valence-corrected chi connectivity index (χ0v) is 31.3. The maximum Gasteiger partial charge on any atom is 0.138 e. The zero-order valence-electron chi connectivity index (χ0n) is 31.3. The molecule has 0 aliphatic carbocycles. The summed E-state index contributed by atoms with van der Waals surface area (Å²) < 4.78 is 0. The maximum absolute atomic E-state index is 13.1. The molecule has 1 aliphatic heterocycles. The standard InChI is InChI=1S/C43H55N3O2/c1-40(2,3)32(23-37(47)42(7,8)9)35-22-31-21-29(17-18-34(31)45-35)26-13-14-28-20-30(16-15-27(28)19-26)36-25-44-39(46-36)33(41(4,5)6)24-38(48)43(10,11)12/h13-21,25,32-33H,22-24H2,1-12H3,(H,44,46)/t32-,33-/m1/s1. The number of aliphatic imine (C=N–C) groups is 1. The lowest BCUT2D eigenvalue weighted by Gasteiger charge is -2.32. The van der Waals surface area contributed by atoms with Crippen molar-refractivity contribution < 1.29 is 9.59 Å². The van der Waals surface area contributed by atoms with Gasteiger partial charge in [-0.1, -0.05) is 113 Å². The number of nitrogens with zero attached hydrogens (tertiary/aromatic N) is 2. The topological polar surface area (TPSA) is 75.2 Å². The highest BCUT2D eigenvalue weighted by atomic mass is 16.1. The fraction of sp³-hybridized carbons (Fsp3) is 0.488. The number of fused-ring (bicyclic) bond motifs is 2. The van der Waals surface area contributed by atoms with E-state index in [1.54, 1.807) is 0 Å². The number of aromatic amines is 1. The Hall–Kier alpha value is -3.86. The lowest BCUT2D eigenvalue weighted by Crippen LogP contribution is -2.34. The third-order valence-electron chi connectivity index (χ3n) is 10.1. The van der Waals surface area contributed by atoms with Crippen molar-refractivity contribution in [3.05, 3.63) is 72.2 Å². The van der Waals surface area contributed by atoms with Gasteiger partial charge in [0.1, 0.15) is 17.4 Å². The molecule has 5 heteroatoms. The van der Waals surface area contributed by atoms with Gasteiger partial charge in [0, 0.05) is 53.2 Å². The molecule has 5 rings (SSSR count). The van der Waals surface area contributed by atoms with Crippen LogP contribution in [0.1, 0.15) is 113 Å². The number of H-pyrrole nitrogens is 1. The van der Waals surface area contributed by atoms with Crippen LogP contribution in [0.4, 0.5) is 5.69 Å². The number of Topliss-reactive ketones (excluding diaryl/α,β-unsaturated/α-hetero) is 2. The van der Waals surface area contributed by atoms with Crippen LogP contribution in [0.5, 0.6) is 0 Å². The minimum atomic E-state index is -0.379. The SMILES string of the molecule is CC(C)(C)C(=O)C[C@H](C1=Nc2ccc(-c3ccc4cc(-c5cnc([C@@H](CC(=O)C(C)(C)C)C(C)(C)C)[nH]5)ccc4c3)cc2C1)C(C)(C)C. The molecule has 0 fully saturated rings. The van der Waals surface area contributed by atoms with Crippen molar-refractivity contribution in [3.8, 4) is 22.4 Å². The smallest absolute Gasteiger partial charge is 0.138 e. The summed E-state index contributed by atoms with van der Waals surface area (Å²) in [6, 6.07) is 19.7. The molecule has 0 amide bonds. The van der Waals surface area contributed by atoms with Crippen LogP contribution < -0.4 is 0 Å². The molecule has 4 aromatic rings. The summed E-state index contributed by atoms with van der Waals surface area (Å²) in [6.45, 7) is 25.2. The summed E-state index contributed by atoms with van der Waals surface area (Å²) >= 11 is 0. The van der Waals surface area contributed by atoms with Gasteiger partial charge in [0.25, 0.3) is 0 Å². The van der Waals surface area contributed by atoms with E-state index in [0.717, 1.165) is 40.3 Å². The Morgan fingerprint density at radius 2 is 1.17 bits per heavy atom. The van der Waals surface area contributed by atoms with E-state index in [1.165, 1.54) is 22.1 Å². The van der Waals surface area contributed by atoms with Gasteiger partial charge in [-0.2, -0.15) is 0 Å². The molecule has 0 spiro atoms. The Balaban J connectivity index is 1.36. The average molecular weight is 646 g/mol. The number of aromatic nitrogens is 2. The van der Waals surface area contributed by atoms with Gasteiger partial charge >= 0.3 is 0 Å². The van der Waals surface area contributed by atoms with Crippen molar-refractivity contribution in [2.24, 2.45) is 32.6 Å². The summed E-state index contributed by atoms with van der Waals surface area (Å²) in [5.74, 6) is 1.51. The van der Waals surface area contributed by atoms with Gasteiger partial charge in [0.15, 0.2) is 0 Å². The molecule has 0 unspecified atom stereocenters. The highest BCUT2D eigenvalue weighted by Crippen LogP contribution is 2.41. The van der Waals surface area contributed by atoms with Crippen molar-refractivity contribution in [3.63, 3.8) is 0 Å². The Morgan fingerprint density at radius 3 is 1.73 bits per heavy atom. The normalized spacial score (nSPS) is 15.3. The second-order valence-corrected chi connectivity index (χ2v) is 18.2. The summed E-state index contributed by atoms with van der Waals surface area (Å²) in [4.78, 5) is 39.5. The van der Waals surface area contributed by atoms with Gasteiger partial charge in [0.2, 0.25) is 0 Å². The predicted octanol–water partition coefficient (Wildman–Crippen LogP) is 11.3. The third-order valence-corrected chi connectivity index (χ3v) is 10.1. The zero-order chi connectivity index (χ0) is 35.4. The first-order chi connectivity index (χ1) is 22.1. The number of carbonyl (C=O) groups excluding carboxylic acids is 2. The monoisotopic (exact) mass is 645 g/mol. The van der Waals surface area contributed by atoms with E-state index in [9.17, 15) is 9.59 Å². The van der Waals surface area contributed by atoms with Crippen LogP contribution in [0.15, 0.2) is 65.8 Å². The number of carbonyl (C=O) groups is 2. The molecule has 1 N–H and O–H groups in total. The number of imidazole rings is 1. The molecule has 3 aromatic carbocycles. The fourth-order valence-corrected chi connectivity index (χ4v) is 6.58. The Labute approximate surface area is 288 Å². The summed E-state index contributed by atoms with van der Waals surface area (Å²) in [7, 11) is 0. The molecule has 2 atom stereocenters. The molecule has 48 heavy (non-hydrogen) atoms. The summed E-state index contributed by atoms with van der Waals surface area (Å²) in [5, 5.41) is 2.33. The minimum absolute atomic E-state index is 0.000109. The molecule has 254 valence electrons. The van der Waals surface area contributed by atoms with Crippen LogP contribution in [0, 0.1) is 27.6 Å². The van der Waals surface area contributed by atoms with Gasteiger partial charge in [-0.3, -0.25) is 14.6 Å². The Bertz CT molecular complexity index is 1880. The van der Waals surface area contributed by atoms with Crippen LogP contribution in [0.2, 0.25) is 0 Å². The molecule has 2 heterocycles. The van der Waals surface area contributed by atoms with E-state index < -0.39 is 0 Å². The van der Waals surface area contributed by atoms with E-state index in [-0.39, 0.29) is 45.1 Å². The first kappa shape index (κ1) is 35.4. The first-order valence-corrected chi connectivity index (χ1v) is 17.5. The van der Waals surface area contributed by atoms with Crippen LogP contribution in [0.25, 0.3) is 33.2 Å². The molecule has 0 radical (unpaired) electrons. The number of benzene rings is 3. The second kappa shape index (κ2) is 12.5. The van der Waals surface area contributed by atoms with E-state index in [0.29, 0.717) is 12.8 Å². The number of rotatable bonds is 8. The lowest BCUT2D eigenvalue weighted by atomic mass is 9.71. The van der Waals surface area contributed by atoms with Crippen molar-refractivity contribution in [1.29, 1.82) is 0 Å². The maximum atomic E-state index is 13.1. The predicted molar refractivity (Wildman–Crippen MR) is 201 cm³/mol. The lowest BCUT2D eigenvalue weighted by molar-refractivity contribution is -0.128. The van der Waals surface area contributed by atoms with Gasteiger partial charge in [0.05, 0.1) is 17.6 Å². The molecular weight excluding hydrogens is 590 g/mol. The van der Waals surface area contributed by atoms with Crippen molar-refractivity contribution >= 4 is 33.7 Å². The van der Waals surface area contributed by atoms with Gasteiger partial charge in [-0.15, -0.1) is 0 Å². The van der Waals surface area contributed by atoms with Gasteiger partial charge < -0.3 is 4.98 Å². The Kier molecular flexibility index (Phi) is 9.27. The second-order valence-electron chi connectivity index (χ2n) is 18.2. The molecule has 0 bridgehead atoms. The van der Waals surface area contributed by atoms with Gasteiger partial charge in [-0.25, -0.2) is 4.98 Å². The Morgan fingerprint density at radius 1 is 0.667 bits per heavy atom. The first-order valence-electron chi connectivity index (χ1n) is 17.5. The van der Waals surface area contributed by atoms with E-state index >= 15 is 0 Å². The van der Waals surface area contributed by atoms with Crippen LogP contribution in [-0.4, -0.2) is 27.2 Å². The molecular formula is C43H55N3O2. The number of hydrogen-bond donors (Lipinski definition) is 1. The third kappa shape index (κ3) is 7.72. The fourth-order valence-electron chi connectivity index (χ4n) is 6.58. The minimum Gasteiger partial charge on any atom is -0.342 e. The van der Waals surface area contributed by atoms with Crippen molar-refractivity contribution in [1.82, 2.24) is 9.97 Å². The average Bonchev–Trinajstić information content (AvgIpc) is 3.62. The summed E-state index contributed by atoms with van der Waals surface area (Å²) in [5.41, 5.74) is 6.83. The molecule has 0 saturated heterocycles. The van der Waals surface area contributed by atoms with Crippen LogP contribution in [-0.2, 0) is 16.0 Å². The molecule has 5 nitrogen and oxygen atoms in total. The molecule has 1 aliphatic rings. The largest absolute Gasteiger partial charge is 0.342 e. The highest BCUT2D eigenvalue weighted by molar-refractivity contribution is 6.00. The van der Waals surface area contributed by atoms with E-state index in [2.05, 4.69) is 101 Å². The molecule has 1 aromatic heterocycles. The number of ketones is 2.